The molecule has 1 aliphatic heterocycles. The van der Waals surface area contributed by atoms with E-state index < -0.39 is 0 Å². The van der Waals surface area contributed by atoms with Gasteiger partial charge in [-0.1, -0.05) is 64.5 Å². The van der Waals surface area contributed by atoms with Crippen molar-refractivity contribution in [1.29, 1.82) is 0 Å². The van der Waals surface area contributed by atoms with E-state index in [1.54, 1.807) is 0 Å². The summed E-state index contributed by atoms with van der Waals surface area (Å²) in [6.07, 6.45) is 1.64. The third-order valence-electron chi connectivity index (χ3n) is 5.81. The van der Waals surface area contributed by atoms with Crippen LogP contribution < -0.4 is 5.32 Å². The number of piperidine rings is 1. The number of fused-ring (bicyclic) bond motifs is 1. The zero-order valence-corrected chi connectivity index (χ0v) is 18.6. The molecule has 4 rings (SSSR count). The third kappa shape index (κ3) is 4.41. The standard InChI is InChI=1S/C25H25BrN2O2/c1-17(19-9-4-11-21(26)15-19)27-24(29)20-10-6-14-28(16-20)25(30)23-13-5-8-18-7-2-3-12-22(18)23/h2-5,7-9,11-13,15,17,20H,6,10,14,16H2,1H3,(H,27,29). The van der Waals surface area contributed by atoms with Crippen molar-refractivity contribution >= 4 is 38.5 Å². The summed E-state index contributed by atoms with van der Waals surface area (Å²) in [6.45, 7) is 3.13. The Kier molecular flexibility index (Phi) is 6.18. The summed E-state index contributed by atoms with van der Waals surface area (Å²) in [7, 11) is 0. The first kappa shape index (κ1) is 20.6. The molecule has 1 aliphatic rings. The Morgan fingerprint density at radius 1 is 1.07 bits per heavy atom. The van der Waals surface area contributed by atoms with E-state index >= 15 is 0 Å². The van der Waals surface area contributed by atoms with Crippen molar-refractivity contribution in [3.63, 3.8) is 0 Å². The van der Waals surface area contributed by atoms with Gasteiger partial charge in [-0.2, -0.15) is 0 Å². The van der Waals surface area contributed by atoms with Crippen LogP contribution in [0.25, 0.3) is 10.8 Å². The first-order valence-electron chi connectivity index (χ1n) is 10.4. The van der Waals surface area contributed by atoms with Crippen molar-refractivity contribution in [3.8, 4) is 0 Å². The van der Waals surface area contributed by atoms with Crippen molar-refractivity contribution in [3.05, 3.63) is 82.3 Å². The lowest BCUT2D eigenvalue weighted by molar-refractivity contribution is -0.127. The fourth-order valence-corrected chi connectivity index (χ4v) is 4.57. The zero-order valence-electron chi connectivity index (χ0n) is 17.0. The van der Waals surface area contributed by atoms with E-state index in [1.807, 2.05) is 78.6 Å². The maximum Gasteiger partial charge on any atom is 0.254 e. The maximum absolute atomic E-state index is 13.3. The van der Waals surface area contributed by atoms with Gasteiger partial charge in [-0.15, -0.1) is 0 Å². The molecule has 3 aromatic rings. The average molecular weight is 465 g/mol. The molecule has 2 atom stereocenters. The molecule has 1 N–H and O–H groups in total. The second-order valence-corrected chi connectivity index (χ2v) is 8.82. The van der Waals surface area contributed by atoms with Crippen LogP contribution in [0.15, 0.2) is 71.2 Å². The van der Waals surface area contributed by atoms with Gasteiger partial charge < -0.3 is 10.2 Å². The summed E-state index contributed by atoms with van der Waals surface area (Å²) < 4.78 is 0.991. The predicted molar refractivity (Wildman–Crippen MR) is 123 cm³/mol. The molecule has 0 spiro atoms. The Hall–Kier alpha value is -2.66. The summed E-state index contributed by atoms with van der Waals surface area (Å²) >= 11 is 3.48. The molecular formula is C25H25BrN2O2. The highest BCUT2D eigenvalue weighted by molar-refractivity contribution is 9.10. The summed E-state index contributed by atoms with van der Waals surface area (Å²) in [5.74, 6) is -0.172. The molecular weight excluding hydrogens is 440 g/mol. The third-order valence-corrected chi connectivity index (χ3v) is 6.30. The normalized spacial score (nSPS) is 17.5. The molecule has 0 saturated carbocycles. The van der Waals surface area contributed by atoms with E-state index in [0.717, 1.165) is 33.7 Å². The van der Waals surface area contributed by atoms with Gasteiger partial charge in [0.05, 0.1) is 12.0 Å². The summed E-state index contributed by atoms with van der Waals surface area (Å²) in [4.78, 5) is 28.0. The number of amides is 2. The number of hydrogen-bond donors (Lipinski definition) is 1. The van der Waals surface area contributed by atoms with E-state index in [4.69, 9.17) is 0 Å². The van der Waals surface area contributed by atoms with Crippen molar-refractivity contribution in [2.75, 3.05) is 13.1 Å². The van der Waals surface area contributed by atoms with Crippen LogP contribution >= 0.6 is 15.9 Å². The SMILES string of the molecule is CC(NC(=O)C1CCCN(C(=O)c2cccc3ccccc23)C1)c1cccc(Br)c1. The molecule has 0 aromatic heterocycles. The average Bonchev–Trinajstić information content (AvgIpc) is 2.78. The molecule has 4 nitrogen and oxygen atoms in total. The van der Waals surface area contributed by atoms with Crippen molar-refractivity contribution in [2.45, 2.75) is 25.8 Å². The first-order chi connectivity index (χ1) is 14.5. The van der Waals surface area contributed by atoms with Gasteiger partial charge in [0.15, 0.2) is 0 Å². The van der Waals surface area contributed by atoms with Crippen molar-refractivity contribution in [2.24, 2.45) is 5.92 Å². The van der Waals surface area contributed by atoms with Crippen molar-refractivity contribution < 1.29 is 9.59 Å². The second-order valence-electron chi connectivity index (χ2n) is 7.90. The molecule has 0 aliphatic carbocycles. The Morgan fingerprint density at radius 2 is 1.83 bits per heavy atom. The van der Waals surface area contributed by atoms with E-state index in [9.17, 15) is 9.59 Å². The van der Waals surface area contributed by atoms with E-state index in [0.29, 0.717) is 18.7 Å². The largest absolute Gasteiger partial charge is 0.349 e. The van der Waals surface area contributed by atoms with Crippen LogP contribution in [-0.2, 0) is 4.79 Å². The minimum atomic E-state index is -0.188. The molecule has 2 amide bonds. The molecule has 30 heavy (non-hydrogen) atoms. The molecule has 154 valence electrons. The number of hydrogen-bond acceptors (Lipinski definition) is 2. The number of likely N-dealkylation sites (tertiary alicyclic amines) is 1. The number of carbonyl (C=O) groups is 2. The van der Waals surface area contributed by atoms with Crippen LogP contribution in [-0.4, -0.2) is 29.8 Å². The minimum absolute atomic E-state index is 0.00402. The van der Waals surface area contributed by atoms with E-state index in [1.165, 1.54) is 0 Å². The molecule has 5 heteroatoms. The quantitative estimate of drug-likeness (QED) is 0.566. The predicted octanol–water partition coefficient (Wildman–Crippen LogP) is 5.33. The lowest BCUT2D eigenvalue weighted by atomic mass is 9.95. The fourth-order valence-electron chi connectivity index (χ4n) is 4.15. The van der Waals surface area contributed by atoms with Gasteiger partial charge in [0.1, 0.15) is 0 Å². The van der Waals surface area contributed by atoms with Gasteiger partial charge >= 0.3 is 0 Å². The lowest BCUT2D eigenvalue weighted by Crippen LogP contribution is -2.45. The Balaban J connectivity index is 1.46. The topological polar surface area (TPSA) is 49.4 Å². The zero-order chi connectivity index (χ0) is 21.1. The molecule has 1 heterocycles. The number of halogens is 1. The van der Waals surface area contributed by atoms with E-state index in [-0.39, 0.29) is 23.8 Å². The highest BCUT2D eigenvalue weighted by Gasteiger charge is 2.30. The van der Waals surface area contributed by atoms with Gasteiger partial charge in [-0.3, -0.25) is 9.59 Å². The molecule has 2 unspecified atom stereocenters. The number of benzene rings is 3. The number of rotatable bonds is 4. The monoisotopic (exact) mass is 464 g/mol. The Morgan fingerprint density at radius 3 is 2.67 bits per heavy atom. The van der Waals surface area contributed by atoms with Crippen LogP contribution in [0, 0.1) is 5.92 Å². The fraction of sp³-hybridized carbons (Fsp3) is 0.280. The van der Waals surface area contributed by atoms with Gasteiger partial charge in [0.25, 0.3) is 5.91 Å². The molecule has 1 saturated heterocycles. The first-order valence-corrected chi connectivity index (χ1v) is 11.1. The highest BCUT2D eigenvalue weighted by Crippen LogP contribution is 2.25. The molecule has 0 bridgehead atoms. The summed E-state index contributed by atoms with van der Waals surface area (Å²) in [5.41, 5.74) is 1.76. The molecule has 0 radical (unpaired) electrons. The molecule has 3 aromatic carbocycles. The number of nitrogens with one attached hydrogen (secondary N) is 1. The van der Waals surface area contributed by atoms with Gasteiger partial charge in [-0.05, 0) is 54.3 Å². The van der Waals surface area contributed by atoms with Gasteiger partial charge in [0, 0.05) is 23.1 Å². The van der Waals surface area contributed by atoms with Crippen molar-refractivity contribution in [1.82, 2.24) is 10.2 Å². The minimum Gasteiger partial charge on any atom is -0.349 e. The summed E-state index contributed by atoms with van der Waals surface area (Å²) in [5, 5.41) is 5.14. The van der Waals surface area contributed by atoms with Gasteiger partial charge in [-0.25, -0.2) is 0 Å². The second kappa shape index (κ2) is 9.00. The van der Waals surface area contributed by atoms with E-state index in [2.05, 4.69) is 21.2 Å². The highest BCUT2D eigenvalue weighted by atomic mass is 79.9. The van der Waals surface area contributed by atoms with Crippen LogP contribution in [0.2, 0.25) is 0 Å². The number of nitrogens with zero attached hydrogens (tertiary/aromatic N) is 1. The van der Waals surface area contributed by atoms with Crippen LogP contribution in [0.4, 0.5) is 0 Å². The molecule has 1 fully saturated rings. The lowest BCUT2D eigenvalue weighted by Gasteiger charge is -2.33. The number of carbonyl (C=O) groups excluding carboxylic acids is 2. The van der Waals surface area contributed by atoms with Crippen LogP contribution in [0.1, 0.15) is 41.7 Å². The smallest absolute Gasteiger partial charge is 0.254 e. The summed E-state index contributed by atoms with van der Waals surface area (Å²) in [6, 6.07) is 21.6. The Bertz CT molecular complexity index is 1080. The van der Waals surface area contributed by atoms with Crippen LogP contribution in [0.5, 0.6) is 0 Å². The maximum atomic E-state index is 13.3. The Labute approximate surface area is 185 Å². The van der Waals surface area contributed by atoms with Gasteiger partial charge in [0.2, 0.25) is 5.91 Å². The van der Waals surface area contributed by atoms with Crippen LogP contribution in [0.3, 0.4) is 0 Å².